The predicted molar refractivity (Wildman–Crippen MR) is 140 cm³/mol. The molecule has 5 rings (SSSR count). The van der Waals surface area contributed by atoms with Gasteiger partial charge in [-0.3, -0.25) is 14.6 Å². The van der Waals surface area contributed by atoms with E-state index in [1.165, 1.54) is 6.34 Å². The molecular weight excluding hydrogens is 505 g/mol. The van der Waals surface area contributed by atoms with Crippen LogP contribution in [0.25, 0.3) is 0 Å². The number of amidine groups is 2. The van der Waals surface area contributed by atoms with Crippen LogP contribution in [0, 0.1) is 12.3 Å². The number of benzene rings is 2. The van der Waals surface area contributed by atoms with Gasteiger partial charge in [-0.15, -0.1) is 6.42 Å². The summed E-state index contributed by atoms with van der Waals surface area (Å²) < 4.78 is 31.6. The Labute approximate surface area is 224 Å². The topological polar surface area (TPSA) is 128 Å². The van der Waals surface area contributed by atoms with E-state index in [4.69, 9.17) is 26.4 Å². The first kappa shape index (κ1) is 26.1. The van der Waals surface area contributed by atoms with Crippen LogP contribution in [0.2, 0.25) is 0 Å². The van der Waals surface area contributed by atoms with Crippen molar-refractivity contribution < 1.29 is 28.2 Å². The van der Waals surface area contributed by atoms with Gasteiger partial charge >= 0.3 is 18.0 Å². The lowest BCUT2D eigenvalue weighted by atomic mass is 9.98. The van der Waals surface area contributed by atoms with Crippen LogP contribution >= 0.6 is 0 Å². The Bertz CT molecular complexity index is 1360. The zero-order valence-electron chi connectivity index (χ0n) is 20.9. The third kappa shape index (κ3) is 5.66. The zero-order chi connectivity index (χ0) is 27.4. The molecule has 0 saturated carbocycles. The SMILES string of the molecule is C#C[C@]1(COC(=O)Cc2ccccc2)O[C@@H](N2C=NC3C(N)=NC(F)=NC32)C[C@@H]1OC(=O)Cc1ccccc1. The molecule has 0 bridgehead atoms. The largest absolute Gasteiger partial charge is 0.461 e. The normalized spacial score (nSPS) is 27.2. The lowest BCUT2D eigenvalue weighted by Crippen LogP contribution is -2.49. The van der Waals surface area contributed by atoms with E-state index in [9.17, 15) is 14.0 Å². The summed E-state index contributed by atoms with van der Waals surface area (Å²) in [6, 6.07) is 17.5. The van der Waals surface area contributed by atoms with Gasteiger partial charge in [-0.1, -0.05) is 66.6 Å². The molecule has 0 spiro atoms. The number of halogens is 1. The van der Waals surface area contributed by atoms with Crippen molar-refractivity contribution in [2.24, 2.45) is 20.7 Å². The van der Waals surface area contributed by atoms with Gasteiger partial charge in [-0.2, -0.15) is 9.38 Å². The molecule has 2 N–H and O–H groups in total. The van der Waals surface area contributed by atoms with Crippen LogP contribution in [0.15, 0.2) is 75.6 Å². The van der Waals surface area contributed by atoms with Gasteiger partial charge in [-0.05, 0) is 11.1 Å². The monoisotopic (exact) mass is 531 g/mol. The maximum atomic E-state index is 14.0. The lowest BCUT2D eigenvalue weighted by Gasteiger charge is -2.32. The van der Waals surface area contributed by atoms with Crippen LogP contribution < -0.4 is 5.73 Å². The number of esters is 2. The van der Waals surface area contributed by atoms with Crippen LogP contribution in [0.4, 0.5) is 4.39 Å². The fourth-order valence-electron chi connectivity index (χ4n) is 4.70. The number of terminal acetylenes is 1. The van der Waals surface area contributed by atoms with E-state index in [2.05, 4.69) is 20.9 Å². The molecule has 1 saturated heterocycles. The van der Waals surface area contributed by atoms with E-state index in [1.54, 1.807) is 29.2 Å². The molecular formula is C28H26FN5O5. The summed E-state index contributed by atoms with van der Waals surface area (Å²) in [4.78, 5) is 38.8. The van der Waals surface area contributed by atoms with E-state index >= 15 is 0 Å². The highest BCUT2D eigenvalue weighted by atomic mass is 19.1. The molecule has 39 heavy (non-hydrogen) atoms. The van der Waals surface area contributed by atoms with E-state index in [-0.39, 0.29) is 31.7 Å². The van der Waals surface area contributed by atoms with Gasteiger partial charge in [0.2, 0.25) is 5.60 Å². The van der Waals surface area contributed by atoms with Gasteiger partial charge in [0.1, 0.15) is 30.8 Å². The van der Waals surface area contributed by atoms with E-state index in [0.717, 1.165) is 11.1 Å². The van der Waals surface area contributed by atoms with Crippen LogP contribution in [0.3, 0.4) is 0 Å². The Balaban J connectivity index is 1.34. The fourth-order valence-corrected chi connectivity index (χ4v) is 4.70. The molecule has 11 heteroatoms. The number of carbonyl (C=O) groups excluding carboxylic acids is 2. The molecule has 3 aliphatic rings. The maximum absolute atomic E-state index is 14.0. The fraction of sp³-hybridized carbons (Fsp3) is 0.321. The quantitative estimate of drug-likeness (QED) is 0.312. The molecule has 10 nitrogen and oxygen atoms in total. The molecule has 2 aromatic carbocycles. The minimum absolute atomic E-state index is 0.00876. The van der Waals surface area contributed by atoms with Gasteiger partial charge in [0.25, 0.3) is 0 Å². The number of aliphatic imine (C=N–C) groups is 3. The summed E-state index contributed by atoms with van der Waals surface area (Å²) in [5.74, 6) is 1.48. The molecule has 200 valence electrons. The first-order chi connectivity index (χ1) is 18.9. The number of hydrogen-bond donors (Lipinski definition) is 1. The van der Waals surface area contributed by atoms with Crippen molar-refractivity contribution in [3.8, 4) is 12.3 Å². The number of carbonyl (C=O) groups is 2. The van der Waals surface area contributed by atoms with Crippen LogP contribution in [-0.4, -0.2) is 71.8 Å². The molecule has 0 radical (unpaired) electrons. The molecule has 2 aromatic rings. The van der Waals surface area contributed by atoms with Crippen molar-refractivity contribution in [2.45, 2.75) is 49.4 Å². The Morgan fingerprint density at radius 3 is 2.38 bits per heavy atom. The number of rotatable bonds is 8. The van der Waals surface area contributed by atoms with Gasteiger partial charge in [0.15, 0.2) is 6.17 Å². The van der Waals surface area contributed by atoms with Gasteiger partial charge < -0.3 is 24.8 Å². The highest BCUT2D eigenvalue weighted by Crippen LogP contribution is 2.37. The van der Waals surface area contributed by atoms with Gasteiger partial charge in [-0.25, -0.2) is 4.99 Å². The molecule has 3 aliphatic heterocycles. The lowest BCUT2D eigenvalue weighted by molar-refractivity contribution is -0.167. The number of hydrogen-bond acceptors (Lipinski definition) is 10. The minimum atomic E-state index is -1.61. The average molecular weight is 532 g/mol. The second-order valence-corrected chi connectivity index (χ2v) is 9.31. The van der Waals surface area contributed by atoms with Gasteiger partial charge in [0.05, 0.1) is 19.2 Å². The molecule has 0 aliphatic carbocycles. The zero-order valence-corrected chi connectivity index (χ0v) is 20.9. The highest BCUT2D eigenvalue weighted by molar-refractivity contribution is 5.99. The standard InChI is InChI=1S/C28H26FN5O5/c1-2-28(16-37-22(35)13-18-9-5-3-6-10-18)20(38-23(36)14-19-11-7-4-8-12-19)15-21(39-28)34-17-31-24-25(30)32-27(29)33-26(24)34/h1,3-12,17,20-21,24,26H,13-16H2,(H2,30,32,33)/t20-,21+,24?,26?,28+/m0/s1. The highest BCUT2D eigenvalue weighted by Gasteiger charge is 2.55. The molecule has 0 aromatic heterocycles. The second kappa shape index (κ2) is 11.0. The summed E-state index contributed by atoms with van der Waals surface area (Å²) in [6.45, 7) is -0.366. The Hall–Kier alpha value is -4.56. The molecule has 2 unspecified atom stereocenters. The van der Waals surface area contributed by atoms with E-state index in [1.807, 2.05) is 36.4 Å². The average Bonchev–Trinajstić information content (AvgIpc) is 3.50. The second-order valence-electron chi connectivity index (χ2n) is 9.31. The number of fused-ring (bicyclic) bond motifs is 1. The Kier molecular flexibility index (Phi) is 7.38. The first-order valence-electron chi connectivity index (χ1n) is 12.3. The molecule has 3 heterocycles. The van der Waals surface area contributed by atoms with Crippen LogP contribution in [0.1, 0.15) is 17.5 Å². The first-order valence-corrected chi connectivity index (χ1v) is 12.3. The Morgan fingerprint density at radius 2 is 1.74 bits per heavy atom. The summed E-state index contributed by atoms with van der Waals surface area (Å²) >= 11 is 0. The molecule has 5 atom stereocenters. The molecule has 0 amide bonds. The Morgan fingerprint density at radius 1 is 1.10 bits per heavy atom. The van der Waals surface area contributed by atoms with Crippen molar-refractivity contribution in [1.82, 2.24) is 4.90 Å². The van der Waals surface area contributed by atoms with Crippen molar-refractivity contribution >= 4 is 30.2 Å². The van der Waals surface area contributed by atoms with E-state index in [0.29, 0.717) is 0 Å². The van der Waals surface area contributed by atoms with Crippen molar-refractivity contribution in [1.29, 1.82) is 0 Å². The number of ether oxygens (including phenoxy) is 3. The maximum Gasteiger partial charge on any atom is 0.310 e. The number of nitrogens with zero attached hydrogens (tertiary/aromatic N) is 4. The van der Waals surface area contributed by atoms with Crippen molar-refractivity contribution in [3.63, 3.8) is 0 Å². The third-order valence-corrected chi connectivity index (χ3v) is 6.67. The van der Waals surface area contributed by atoms with Crippen molar-refractivity contribution in [3.05, 3.63) is 71.8 Å². The van der Waals surface area contributed by atoms with Crippen LogP contribution in [0.5, 0.6) is 0 Å². The van der Waals surface area contributed by atoms with Crippen molar-refractivity contribution in [2.75, 3.05) is 6.61 Å². The predicted octanol–water partition coefficient (Wildman–Crippen LogP) is 1.78. The third-order valence-electron chi connectivity index (χ3n) is 6.67. The van der Waals surface area contributed by atoms with E-state index < -0.39 is 48.2 Å². The van der Waals surface area contributed by atoms with Gasteiger partial charge in [0, 0.05) is 6.42 Å². The van der Waals surface area contributed by atoms with Crippen LogP contribution in [-0.2, 0) is 36.6 Å². The summed E-state index contributed by atoms with van der Waals surface area (Å²) in [5.41, 5.74) is 5.77. The summed E-state index contributed by atoms with van der Waals surface area (Å²) in [6.07, 6.45) is 3.84. The number of nitrogens with two attached hydrogens (primary N) is 1. The smallest absolute Gasteiger partial charge is 0.310 e. The summed E-state index contributed by atoms with van der Waals surface area (Å²) in [7, 11) is 0. The molecule has 1 fully saturated rings. The minimum Gasteiger partial charge on any atom is -0.461 e. The summed E-state index contributed by atoms with van der Waals surface area (Å²) in [5, 5.41) is 0.